The molecule has 1 aliphatic heterocycles. The number of hydrogen-bond acceptors (Lipinski definition) is 4. The van der Waals surface area contributed by atoms with Crippen LogP contribution >= 0.6 is 0 Å². The Hall–Kier alpha value is -2.82. The normalized spacial score (nSPS) is 13.4. The minimum atomic E-state index is -0.200. The lowest BCUT2D eigenvalue weighted by Crippen LogP contribution is -2.40. The molecule has 0 saturated heterocycles. The molecule has 0 saturated carbocycles. The number of carbonyl (C=O) groups excluding carboxylic acids is 2. The number of fused-ring (bicyclic) bond motifs is 1. The van der Waals surface area contributed by atoms with Crippen LogP contribution in [0.2, 0.25) is 0 Å². The fourth-order valence-corrected chi connectivity index (χ4v) is 2.76. The molecule has 0 unspecified atom stereocenters. The molecule has 0 spiro atoms. The third kappa shape index (κ3) is 3.11. The highest BCUT2D eigenvalue weighted by atomic mass is 16.5. The first-order valence-electron chi connectivity index (χ1n) is 7.80. The summed E-state index contributed by atoms with van der Waals surface area (Å²) in [5.74, 6) is 0.979. The van der Waals surface area contributed by atoms with Gasteiger partial charge in [0.1, 0.15) is 11.5 Å². The number of benzene rings is 2. The zero-order valence-electron chi connectivity index (χ0n) is 13.7. The smallest absolute Gasteiger partial charge is 0.265 e. The zero-order chi connectivity index (χ0) is 17.1. The van der Waals surface area contributed by atoms with Crippen LogP contribution in [0.3, 0.4) is 0 Å². The lowest BCUT2D eigenvalue weighted by Gasteiger charge is -2.30. The molecule has 0 radical (unpaired) electrons. The van der Waals surface area contributed by atoms with E-state index >= 15 is 0 Å². The quantitative estimate of drug-likeness (QED) is 0.867. The number of anilines is 1. The fourth-order valence-electron chi connectivity index (χ4n) is 2.76. The van der Waals surface area contributed by atoms with Gasteiger partial charge in [-0.3, -0.25) is 9.59 Å². The Morgan fingerprint density at radius 3 is 2.62 bits per heavy atom. The SMILES string of the molecule is COc1cccc2c1N(C(=O)COc1ccc(C)cc1)CCC2=O. The number of nitrogens with zero attached hydrogens (tertiary/aromatic N) is 1. The van der Waals surface area contributed by atoms with E-state index in [1.807, 2.05) is 31.2 Å². The van der Waals surface area contributed by atoms with Gasteiger partial charge < -0.3 is 14.4 Å². The van der Waals surface area contributed by atoms with Crippen LogP contribution in [0.4, 0.5) is 5.69 Å². The molecule has 0 atom stereocenters. The van der Waals surface area contributed by atoms with E-state index < -0.39 is 0 Å². The van der Waals surface area contributed by atoms with Gasteiger partial charge in [0, 0.05) is 18.5 Å². The van der Waals surface area contributed by atoms with E-state index in [1.165, 1.54) is 7.11 Å². The summed E-state index contributed by atoms with van der Waals surface area (Å²) in [5, 5.41) is 0. The van der Waals surface area contributed by atoms with Crippen LogP contribution in [-0.2, 0) is 4.79 Å². The molecular weight excluding hydrogens is 306 g/mol. The first kappa shape index (κ1) is 16.1. The van der Waals surface area contributed by atoms with E-state index in [4.69, 9.17) is 9.47 Å². The minimum Gasteiger partial charge on any atom is -0.495 e. The number of amides is 1. The second-order valence-corrected chi connectivity index (χ2v) is 5.68. The highest BCUT2D eigenvalue weighted by molar-refractivity contribution is 6.10. The van der Waals surface area contributed by atoms with Crippen LogP contribution in [-0.4, -0.2) is 32.0 Å². The lowest BCUT2D eigenvalue weighted by atomic mass is 9.99. The molecule has 3 rings (SSSR count). The van der Waals surface area contributed by atoms with Crippen molar-refractivity contribution in [1.29, 1.82) is 0 Å². The molecule has 1 heterocycles. The molecule has 2 aromatic rings. The van der Waals surface area contributed by atoms with Crippen molar-refractivity contribution in [3.63, 3.8) is 0 Å². The number of methoxy groups -OCH3 is 1. The number of Topliss-reactive ketones (excluding diaryl/α,β-unsaturated/α-hetero) is 1. The van der Waals surface area contributed by atoms with Gasteiger partial charge in [0.05, 0.1) is 12.8 Å². The molecule has 1 amide bonds. The number of ether oxygens (including phenoxy) is 2. The van der Waals surface area contributed by atoms with Crippen molar-refractivity contribution in [2.24, 2.45) is 0 Å². The van der Waals surface area contributed by atoms with Crippen LogP contribution in [0.15, 0.2) is 42.5 Å². The summed E-state index contributed by atoms with van der Waals surface area (Å²) in [6.07, 6.45) is 0.302. The van der Waals surface area contributed by atoms with E-state index in [0.29, 0.717) is 35.7 Å². The Bertz CT molecular complexity index is 767. The Balaban J connectivity index is 1.80. The fraction of sp³-hybridized carbons (Fsp3) is 0.263. The zero-order valence-corrected chi connectivity index (χ0v) is 13.7. The Morgan fingerprint density at radius 2 is 1.92 bits per heavy atom. The first-order chi connectivity index (χ1) is 11.6. The summed E-state index contributed by atoms with van der Waals surface area (Å²) in [6.45, 7) is 2.24. The van der Waals surface area contributed by atoms with Crippen LogP contribution < -0.4 is 14.4 Å². The van der Waals surface area contributed by atoms with Gasteiger partial charge in [-0.05, 0) is 31.2 Å². The molecule has 0 aliphatic carbocycles. The molecule has 1 aliphatic rings. The predicted molar refractivity (Wildman–Crippen MR) is 91.0 cm³/mol. The van der Waals surface area contributed by atoms with E-state index in [-0.39, 0.29) is 18.3 Å². The van der Waals surface area contributed by atoms with Gasteiger partial charge in [0.15, 0.2) is 12.4 Å². The van der Waals surface area contributed by atoms with Crippen LogP contribution in [0.1, 0.15) is 22.3 Å². The number of para-hydroxylation sites is 1. The monoisotopic (exact) mass is 325 g/mol. The summed E-state index contributed by atoms with van der Waals surface area (Å²) < 4.78 is 10.9. The lowest BCUT2D eigenvalue weighted by molar-refractivity contribution is -0.120. The van der Waals surface area contributed by atoms with Crippen LogP contribution in [0.25, 0.3) is 0 Å². The van der Waals surface area contributed by atoms with Gasteiger partial charge in [0.25, 0.3) is 5.91 Å². The van der Waals surface area contributed by atoms with Gasteiger partial charge in [-0.15, -0.1) is 0 Å². The van der Waals surface area contributed by atoms with Crippen molar-refractivity contribution in [2.45, 2.75) is 13.3 Å². The Kier molecular flexibility index (Phi) is 4.51. The average molecular weight is 325 g/mol. The molecule has 0 aromatic heterocycles. The van der Waals surface area contributed by atoms with Gasteiger partial charge in [0.2, 0.25) is 0 Å². The van der Waals surface area contributed by atoms with Gasteiger partial charge in [-0.2, -0.15) is 0 Å². The first-order valence-corrected chi connectivity index (χ1v) is 7.80. The maximum absolute atomic E-state index is 12.6. The topological polar surface area (TPSA) is 55.8 Å². The molecule has 0 fully saturated rings. The van der Waals surface area contributed by atoms with Crippen molar-refractivity contribution in [1.82, 2.24) is 0 Å². The van der Waals surface area contributed by atoms with Crippen molar-refractivity contribution in [2.75, 3.05) is 25.2 Å². The highest BCUT2D eigenvalue weighted by Crippen LogP contribution is 2.36. The van der Waals surface area contributed by atoms with Crippen LogP contribution in [0.5, 0.6) is 11.5 Å². The van der Waals surface area contributed by atoms with Crippen molar-refractivity contribution >= 4 is 17.4 Å². The van der Waals surface area contributed by atoms with E-state index in [2.05, 4.69) is 0 Å². The molecule has 0 bridgehead atoms. The van der Waals surface area contributed by atoms with E-state index in [9.17, 15) is 9.59 Å². The third-order valence-corrected chi connectivity index (χ3v) is 4.04. The minimum absolute atomic E-state index is 0.0207. The standard InChI is InChI=1S/C19H19NO4/c1-13-6-8-14(9-7-13)24-12-18(22)20-11-10-16(21)15-4-3-5-17(23-2)19(15)20/h3-9H,10-12H2,1-2H3. The van der Waals surface area contributed by atoms with Crippen molar-refractivity contribution in [3.8, 4) is 11.5 Å². The second kappa shape index (κ2) is 6.74. The van der Waals surface area contributed by atoms with Crippen LogP contribution in [0, 0.1) is 6.92 Å². The van der Waals surface area contributed by atoms with E-state index in [1.54, 1.807) is 23.1 Å². The highest BCUT2D eigenvalue weighted by Gasteiger charge is 2.30. The molecule has 0 N–H and O–H groups in total. The Morgan fingerprint density at radius 1 is 1.17 bits per heavy atom. The van der Waals surface area contributed by atoms with Crippen molar-refractivity contribution < 1.29 is 19.1 Å². The molecule has 5 heteroatoms. The average Bonchev–Trinajstić information content (AvgIpc) is 2.61. The summed E-state index contributed by atoms with van der Waals surface area (Å²) in [7, 11) is 1.53. The predicted octanol–water partition coefficient (Wildman–Crippen LogP) is 3.00. The summed E-state index contributed by atoms with van der Waals surface area (Å²) in [4.78, 5) is 26.3. The number of carbonyl (C=O) groups is 2. The number of rotatable bonds is 4. The van der Waals surface area contributed by atoms with Gasteiger partial charge in [-0.1, -0.05) is 23.8 Å². The third-order valence-electron chi connectivity index (χ3n) is 4.04. The second-order valence-electron chi connectivity index (χ2n) is 5.68. The van der Waals surface area contributed by atoms with E-state index in [0.717, 1.165) is 5.56 Å². The molecular formula is C19H19NO4. The number of ketones is 1. The van der Waals surface area contributed by atoms with Gasteiger partial charge >= 0.3 is 0 Å². The number of hydrogen-bond donors (Lipinski definition) is 0. The van der Waals surface area contributed by atoms with Gasteiger partial charge in [-0.25, -0.2) is 0 Å². The summed E-state index contributed by atoms with van der Waals surface area (Å²) in [5.41, 5.74) is 2.18. The van der Waals surface area contributed by atoms with Crippen molar-refractivity contribution in [3.05, 3.63) is 53.6 Å². The Labute approximate surface area is 140 Å². The summed E-state index contributed by atoms with van der Waals surface area (Å²) >= 11 is 0. The maximum Gasteiger partial charge on any atom is 0.265 e. The maximum atomic E-state index is 12.6. The molecule has 24 heavy (non-hydrogen) atoms. The summed E-state index contributed by atoms with van der Waals surface area (Å²) in [6, 6.07) is 12.7. The molecule has 124 valence electrons. The molecule has 5 nitrogen and oxygen atoms in total. The molecule has 2 aromatic carbocycles. The number of aryl methyl sites for hydroxylation is 1. The largest absolute Gasteiger partial charge is 0.495 e.